The second-order valence-corrected chi connectivity index (χ2v) is 10.3. The minimum Gasteiger partial charge on any atom is -0.212 e. The first-order valence-corrected chi connectivity index (χ1v) is 12.5. The van der Waals surface area contributed by atoms with Gasteiger partial charge in [-0.25, -0.2) is 15.0 Å². The highest BCUT2D eigenvalue weighted by Gasteiger charge is 2.21. The molecule has 0 spiro atoms. The van der Waals surface area contributed by atoms with E-state index in [-0.39, 0.29) is 5.41 Å². The van der Waals surface area contributed by atoms with Crippen LogP contribution in [0.5, 0.6) is 0 Å². The minimum absolute atomic E-state index is 0.199. The van der Waals surface area contributed by atoms with Crippen molar-refractivity contribution in [2.75, 3.05) is 0 Å². The van der Waals surface area contributed by atoms with Crippen molar-refractivity contribution >= 4 is 0 Å². The van der Waals surface area contributed by atoms with Gasteiger partial charge >= 0.3 is 0 Å². The molecule has 0 bridgehead atoms. The van der Waals surface area contributed by atoms with E-state index in [1.54, 1.807) is 0 Å². The first-order chi connectivity index (χ1) is 17.4. The number of aromatic nitrogens is 3. The van der Waals surface area contributed by atoms with Gasteiger partial charge in [-0.2, -0.15) is 0 Å². The Balaban J connectivity index is 1.52. The van der Waals surface area contributed by atoms with Crippen molar-refractivity contribution < 1.29 is 0 Å². The van der Waals surface area contributed by atoms with Crippen LogP contribution in [0.1, 0.15) is 48.8 Å². The van der Waals surface area contributed by atoms with E-state index >= 15 is 0 Å². The fourth-order valence-corrected chi connectivity index (χ4v) is 4.27. The fraction of sp³-hybridized carbons (Fsp3) is 0.182. The van der Waals surface area contributed by atoms with Gasteiger partial charge in [0.25, 0.3) is 0 Å². The lowest BCUT2D eigenvalue weighted by atomic mass is 9.95. The van der Waals surface area contributed by atoms with Crippen molar-refractivity contribution in [2.45, 2.75) is 39.0 Å². The highest BCUT2D eigenvalue weighted by molar-refractivity contribution is 5.62. The molecule has 0 fully saturated rings. The van der Waals surface area contributed by atoms with E-state index in [9.17, 15) is 0 Å². The Hall–Kier alpha value is -4.11. The lowest BCUT2D eigenvalue weighted by Gasteiger charge is -2.18. The Labute approximate surface area is 214 Å². The third kappa shape index (κ3) is 5.75. The van der Waals surface area contributed by atoms with Crippen molar-refractivity contribution in [3.63, 3.8) is 0 Å². The average Bonchev–Trinajstić information content (AvgIpc) is 2.89. The van der Waals surface area contributed by atoms with Crippen molar-refractivity contribution in [2.24, 2.45) is 0 Å². The highest BCUT2D eigenvalue weighted by atomic mass is 15.0. The van der Waals surface area contributed by atoms with Crippen LogP contribution in [0.2, 0.25) is 0 Å². The van der Waals surface area contributed by atoms with Gasteiger partial charge in [-0.05, 0) is 47.2 Å². The predicted octanol–water partition coefficient (Wildman–Crippen LogP) is 7.68. The Morgan fingerprint density at radius 3 is 1.31 bits per heavy atom. The third-order valence-electron chi connectivity index (χ3n) is 6.18. The maximum absolute atomic E-state index is 4.96. The SMILES string of the molecule is CC(C)(C)c1nc(-c2cccc(Cc3ccccc3)c2)nc(-c2cccc(Cc3ccccc3)c2)n1. The predicted molar refractivity (Wildman–Crippen MR) is 148 cm³/mol. The lowest BCUT2D eigenvalue weighted by molar-refractivity contribution is 0.543. The van der Waals surface area contributed by atoms with Crippen molar-refractivity contribution in [3.05, 3.63) is 137 Å². The van der Waals surface area contributed by atoms with Gasteiger partial charge in [-0.15, -0.1) is 0 Å². The van der Waals surface area contributed by atoms with E-state index < -0.39 is 0 Å². The zero-order valence-electron chi connectivity index (χ0n) is 21.1. The second kappa shape index (κ2) is 10.2. The normalized spacial score (nSPS) is 11.4. The van der Waals surface area contributed by atoms with Crippen molar-refractivity contribution in [3.8, 4) is 22.8 Å². The fourth-order valence-electron chi connectivity index (χ4n) is 4.27. The van der Waals surface area contributed by atoms with Gasteiger partial charge in [0, 0.05) is 16.5 Å². The lowest BCUT2D eigenvalue weighted by Crippen LogP contribution is -2.18. The summed E-state index contributed by atoms with van der Waals surface area (Å²) in [6.07, 6.45) is 1.75. The number of rotatable bonds is 6. The van der Waals surface area contributed by atoms with E-state index in [0.29, 0.717) is 11.6 Å². The topological polar surface area (TPSA) is 38.7 Å². The zero-order valence-corrected chi connectivity index (χ0v) is 21.1. The summed E-state index contributed by atoms with van der Waals surface area (Å²) < 4.78 is 0. The molecule has 3 heteroatoms. The molecule has 0 radical (unpaired) electrons. The van der Waals surface area contributed by atoms with Crippen LogP contribution in [0.3, 0.4) is 0 Å². The molecular weight excluding hydrogens is 438 g/mol. The molecule has 0 amide bonds. The van der Waals surface area contributed by atoms with Crippen molar-refractivity contribution in [1.29, 1.82) is 0 Å². The summed E-state index contributed by atoms with van der Waals surface area (Å²) in [6.45, 7) is 6.44. The molecule has 0 N–H and O–H groups in total. The number of benzene rings is 4. The molecule has 178 valence electrons. The summed E-state index contributed by atoms with van der Waals surface area (Å²) in [7, 11) is 0. The third-order valence-corrected chi connectivity index (χ3v) is 6.18. The monoisotopic (exact) mass is 469 g/mol. The van der Waals surface area contributed by atoms with Crippen LogP contribution in [0.25, 0.3) is 22.8 Å². The Morgan fingerprint density at radius 2 is 0.889 bits per heavy atom. The van der Waals surface area contributed by atoms with Gasteiger partial charge in [0.1, 0.15) is 5.82 Å². The molecule has 4 aromatic carbocycles. The smallest absolute Gasteiger partial charge is 0.163 e. The number of hydrogen-bond acceptors (Lipinski definition) is 3. The molecule has 1 heterocycles. The molecular formula is C33H31N3. The molecule has 0 atom stereocenters. The van der Waals surface area contributed by atoms with E-state index in [4.69, 9.17) is 15.0 Å². The Morgan fingerprint density at radius 1 is 0.472 bits per heavy atom. The van der Waals surface area contributed by atoms with Crippen LogP contribution >= 0.6 is 0 Å². The molecule has 0 saturated carbocycles. The van der Waals surface area contributed by atoms with Crippen LogP contribution in [-0.2, 0) is 18.3 Å². The Bertz CT molecular complexity index is 1350. The standard InChI is InChI=1S/C33H31N3/c1-33(2,3)32-35-30(28-18-10-16-26(22-28)20-24-12-6-4-7-13-24)34-31(36-32)29-19-11-17-27(23-29)21-25-14-8-5-9-15-25/h4-19,22-23H,20-21H2,1-3H3. The summed E-state index contributed by atoms with van der Waals surface area (Å²) in [4.78, 5) is 14.8. The number of nitrogens with zero attached hydrogens (tertiary/aromatic N) is 3. The van der Waals surface area contributed by atoms with Crippen LogP contribution in [0, 0.1) is 0 Å². The maximum Gasteiger partial charge on any atom is 0.163 e. The molecule has 0 unspecified atom stereocenters. The van der Waals surface area contributed by atoms with Crippen LogP contribution in [0.4, 0.5) is 0 Å². The van der Waals surface area contributed by atoms with Crippen LogP contribution in [0.15, 0.2) is 109 Å². The van der Waals surface area contributed by atoms with E-state index in [0.717, 1.165) is 29.8 Å². The van der Waals surface area contributed by atoms with Gasteiger partial charge < -0.3 is 0 Å². The highest BCUT2D eigenvalue weighted by Crippen LogP contribution is 2.27. The van der Waals surface area contributed by atoms with Gasteiger partial charge in [-0.3, -0.25) is 0 Å². The van der Waals surface area contributed by atoms with E-state index in [2.05, 4.69) is 130 Å². The van der Waals surface area contributed by atoms with Gasteiger partial charge in [0.2, 0.25) is 0 Å². The summed E-state index contributed by atoms with van der Waals surface area (Å²) in [5.41, 5.74) is 6.88. The second-order valence-electron chi connectivity index (χ2n) is 10.3. The first kappa shape index (κ1) is 23.6. The quantitative estimate of drug-likeness (QED) is 0.256. The summed E-state index contributed by atoms with van der Waals surface area (Å²) in [6, 6.07) is 38.2. The molecule has 3 nitrogen and oxygen atoms in total. The number of hydrogen-bond donors (Lipinski definition) is 0. The van der Waals surface area contributed by atoms with Crippen LogP contribution in [-0.4, -0.2) is 15.0 Å². The van der Waals surface area contributed by atoms with Crippen molar-refractivity contribution in [1.82, 2.24) is 15.0 Å². The molecule has 1 aromatic heterocycles. The summed E-state index contributed by atoms with van der Waals surface area (Å²) >= 11 is 0. The first-order valence-electron chi connectivity index (χ1n) is 12.5. The maximum atomic E-state index is 4.96. The molecule has 0 aliphatic rings. The summed E-state index contributed by atoms with van der Waals surface area (Å²) in [5.74, 6) is 2.23. The minimum atomic E-state index is -0.199. The Kier molecular flexibility index (Phi) is 6.73. The molecule has 5 aromatic rings. The largest absolute Gasteiger partial charge is 0.212 e. The van der Waals surface area contributed by atoms with Gasteiger partial charge in [-0.1, -0.05) is 118 Å². The van der Waals surface area contributed by atoms with Gasteiger partial charge in [0.05, 0.1) is 0 Å². The molecule has 5 rings (SSSR count). The zero-order chi connectivity index (χ0) is 25.0. The molecule has 0 aliphatic heterocycles. The molecule has 0 aliphatic carbocycles. The average molecular weight is 470 g/mol. The summed E-state index contributed by atoms with van der Waals surface area (Å²) in [5, 5.41) is 0. The molecule has 36 heavy (non-hydrogen) atoms. The van der Waals surface area contributed by atoms with E-state index in [1.165, 1.54) is 22.3 Å². The molecule has 0 saturated heterocycles. The van der Waals surface area contributed by atoms with Crippen LogP contribution < -0.4 is 0 Å². The van der Waals surface area contributed by atoms with E-state index in [1.807, 2.05) is 0 Å². The van der Waals surface area contributed by atoms with Gasteiger partial charge in [0.15, 0.2) is 11.6 Å².